The highest BCUT2D eigenvalue weighted by Gasteiger charge is 2.36. The fraction of sp³-hybridized carbons (Fsp3) is 0.318. The zero-order valence-electron chi connectivity index (χ0n) is 17.1. The predicted molar refractivity (Wildman–Crippen MR) is 117 cm³/mol. The van der Waals surface area contributed by atoms with E-state index in [-0.39, 0.29) is 43.5 Å². The van der Waals surface area contributed by atoms with Gasteiger partial charge in [0.05, 0.1) is 13.0 Å². The van der Waals surface area contributed by atoms with Gasteiger partial charge >= 0.3 is 0 Å². The third kappa shape index (κ3) is 5.88. The average molecular weight is 443 g/mol. The lowest BCUT2D eigenvalue weighted by Crippen LogP contribution is -2.56. The average Bonchev–Trinajstić information content (AvgIpc) is 2.73. The maximum absolute atomic E-state index is 13.1. The maximum atomic E-state index is 13.1. The Morgan fingerprint density at radius 1 is 1.26 bits per heavy atom. The highest BCUT2D eigenvalue weighted by atomic mass is 35.5. The molecule has 1 saturated heterocycles. The minimum absolute atomic E-state index is 0.00414. The lowest BCUT2D eigenvalue weighted by molar-refractivity contribution is -0.142. The molecule has 0 spiro atoms. The summed E-state index contributed by atoms with van der Waals surface area (Å²) in [5.74, 6) is -1.05. The summed E-state index contributed by atoms with van der Waals surface area (Å²) in [5.41, 5.74) is 1.13. The van der Waals surface area contributed by atoms with E-state index in [0.717, 1.165) is 0 Å². The first-order valence-corrected chi connectivity index (χ1v) is 10.3. The van der Waals surface area contributed by atoms with Gasteiger partial charge in [-0.3, -0.25) is 34.4 Å². The molecule has 2 heterocycles. The first kappa shape index (κ1) is 22.4. The van der Waals surface area contributed by atoms with Crippen LogP contribution in [0.15, 0.2) is 53.1 Å². The molecule has 9 heteroatoms. The van der Waals surface area contributed by atoms with Crippen molar-refractivity contribution in [2.75, 3.05) is 13.1 Å². The third-order valence-corrected chi connectivity index (χ3v) is 5.25. The van der Waals surface area contributed by atoms with Crippen LogP contribution in [0.3, 0.4) is 0 Å². The number of aliphatic imine (C=N–C) groups is 1. The molecule has 0 radical (unpaired) electrons. The van der Waals surface area contributed by atoms with Gasteiger partial charge in [-0.25, -0.2) is 0 Å². The van der Waals surface area contributed by atoms with Crippen LogP contribution in [-0.4, -0.2) is 53.5 Å². The molecule has 1 atom stereocenters. The molecular weight excluding hydrogens is 420 g/mol. The largest absolute Gasteiger partial charge is 0.348 e. The first-order valence-electron chi connectivity index (χ1n) is 9.90. The van der Waals surface area contributed by atoms with Crippen molar-refractivity contribution in [3.8, 4) is 0 Å². The molecule has 3 rings (SSSR count). The van der Waals surface area contributed by atoms with E-state index in [0.29, 0.717) is 28.5 Å². The molecule has 1 aromatic carbocycles. The molecule has 0 bridgehead atoms. The molecule has 162 valence electrons. The highest BCUT2D eigenvalue weighted by molar-refractivity contribution is 6.30. The number of halogens is 1. The molecule has 0 aromatic heterocycles. The summed E-state index contributed by atoms with van der Waals surface area (Å²) in [6.07, 6.45) is 5.77. The quantitative estimate of drug-likeness (QED) is 0.695. The molecule has 2 aliphatic rings. The fourth-order valence-corrected chi connectivity index (χ4v) is 3.52. The van der Waals surface area contributed by atoms with Gasteiger partial charge in [0.25, 0.3) is 5.91 Å². The number of hydrogen-bond acceptors (Lipinski definition) is 5. The number of rotatable bonds is 4. The van der Waals surface area contributed by atoms with Crippen LogP contribution in [0.25, 0.3) is 0 Å². The number of piperidine rings is 1. The summed E-state index contributed by atoms with van der Waals surface area (Å²) in [7, 11) is 0. The lowest BCUT2D eigenvalue weighted by atomic mass is 10.0. The van der Waals surface area contributed by atoms with Crippen LogP contribution in [0.2, 0.25) is 5.02 Å². The van der Waals surface area contributed by atoms with E-state index in [9.17, 15) is 19.2 Å². The van der Waals surface area contributed by atoms with Crippen molar-refractivity contribution in [2.24, 2.45) is 4.99 Å². The van der Waals surface area contributed by atoms with Gasteiger partial charge < -0.3 is 5.32 Å². The van der Waals surface area contributed by atoms with Crippen LogP contribution in [-0.2, 0) is 14.4 Å². The summed E-state index contributed by atoms with van der Waals surface area (Å²) >= 11 is 5.85. The smallest absolute Gasteiger partial charge is 0.251 e. The molecule has 1 unspecified atom stereocenters. The van der Waals surface area contributed by atoms with E-state index in [2.05, 4.69) is 15.6 Å². The Morgan fingerprint density at radius 2 is 2.00 bits per heavy atom. The van der Waals surface area contributed by atoms with Gasteiger partial charge in [-0.1, -0.05) is 29.8 Å². The van der Waals surface area contributed by atoms with Gasteiger partial charge in [0.15, 0.2) is 0 Å². The minimum atomic E-state index is -0.790. The van der Waals surface area contributed by atoms with Crippen LogP contribution in [0, 0.1) is 0 Å². The van der Waals surface area contributed by atoms with Crippen molar-refractivity contribution in [1.29, 1.82) is 0 Å². The van der Waals surface area contributed by atoms with Crippen LogP contribution < -0.4 is 10.6 Å². The first-order chi connectivity index (χ1) is 14.8. The fourth-order valence-electron chi connectivity index (χ4n) is 3.39. The summed E-state index contributed by atoms with van der Waals surface area (Å²) in [5, 5.41) is 5.62. The van der Waals surface area contributed by atoms with Crippen LogP contribution in [0.1, 0.15) is 36.5 Å². The lowest BCUT2D eigenvalue weighted by Gasteiger charge is -2.33. The second kappa shape index (κ2) is 10.2. The van der Waals surface area contributed by atoms with Crippen molar-refractivity contribution in [1.82, 2.24) is 15.5 Å². The van der Waals surface area contributed by atoms with Crippen molar-refractivity contribution < 1.29 is 19.2 Å². The van der Waals surface area contributed by atoms with Gasteiger partial charge in [-0.2, -0.15) is 0 Å². The zero-order valence-corrected chi connectivity index (χ0v) is 17.8. The Balaban J connectivity index is 1.74. The van der Waals surface area contributed by atoms with E-state index < -0.39 is 11.9 Å². The third-order valence-electron chi connectivity index (χ3n) is 4.99. The number of carbonyl (C=O) groups excluding carboxylic acids is 4. The van der Waals surface area contributed by atoms with E-state index in [1.807, 2.05) is 6.08 Å². The number of hydrogen-bond donors (Lipinski definition) is 2. The van der Waals surface area contributed by atoms with Crippen molar-refractivity contribution in [2.45, 2.75) is 32.2 Å². The molecule has 1 fully saturated rings. The number of allylic oxidation sites excluding steroid dienone is 2. The predicted octanol–water partition coefficient (Wildman–Crippen LogP) is 2.01. The summed E-state index contributed by atoms with van der Waals surface area (Å²) in [6.45, 7) is 2.17. The number of benzene rings is 1. The van der Waals surface area contributed by atoms with Crippen LogP contribution in [0.5, 0.6) is 0 Å². The highest BCUT2D eigenvalue weighted by Crippen LogP contribution is 2.18. The summed E-state index contributed by atoms with van der Waals surface area (Å²) in [4.78, 5) is 55.1. The maximum Gasteiger partial charge on any atom is 0.251 e. The Labute approximate surface area is 185 Å². The molecule has 2 aliphatic heterocycles. The van der Waals surface area contributed by atoms with Gasteiger partial charge in [-0.05, 0) is 43.2 Å². The summed E-state index contributed by atoms with van der Waals surface area (Å²) < 4.78 is 0. The minimum Gasteiger partial charge on any atom is -0.348 e. The number of carbonyl (C=O) groups is 4. The second-order valence-corrected chi connectivity index (χ2v) is 7.67. The summed E-state index contributed by atoms with van der Waals surface area (Å²) in [6, 6.07) is 5.71. The van der Waals surface area contributed by atoms with Crippen LogP contribution in [0.4, 0.5) is 0 Å². The number of amidine groups is 1. The van der Waals surface area contributed by atoms with E-state index in [1.54, 1.807) is 43.3 Å². The Morgan fingerprint density at radius 3 is 2.71 bits per heavy atom. The molecule has 31 heavy (non-hydrogen) atoms. The van der Waals surface area contributed by atoms with E-state index >= 15 is 0 Å². The Bertz CT molecular complexity index is 982. The molecule has 0 saturated carbocycles. The van der Waals surface area contributed by atoms with E-state index in [4.69, 9.17) is 11.6 Å². The van der Waals surface area contributed by atoms with Gasteiger partial charge in [-0.15, -0.1) is 0 Å². The normalized spacial score (nSPS) is 20.0. The monoisotopic (exact) mass is 442 g/mol. The molecule has 1 aromatic rings. The molecule has 0 aliphatic carbocycles. The number of amides is 4. The van der Waals surface area contributed by atoms with Gasteiger partial charge in [0.1, 0.15) is 11.9 Å². The van der Waals surface area contributed by atoms with Crippen molar-refractivity contribution in [3.05, 3.63) is 58.7 Å². The molecular formula is C22H23ClN4O4. The number of nitrogens with zero attached hydrogens (tertiary/aromatic N) is 2. The van der Waals surface area contributed by atoms with E-state index in [1.165, 1.54) is 4.90 Å². The molecule has 4 amide bonds. The van der Waals surface area contributed by atoms with Crippen molar-refractivity contribution in [3.63, 3.8) is 0 Å². The molecule has 2 N–H and O–H groups in total. The second-order valence-electron chi connectivity index (χ2n) is 7.24. The molecule has 8 nitrogen and oxygen atoms in total. The van der Waals surface area contributed by atoms with Crippen molar-refractivity contribution >= 4 is 41.1 Å². The topological polar surface area (TPSA) is 108 Å². The SMILES string of the molecule is CC1=NCC=CC=C(CNC(=O)c2ccc(Cl)cc2)CC(=O)N1C1CCC(=O)NC1=O. The zero-order chi connectivity index (χ0) is 22.4. The van der Waals surface area contributed by atoms with Crippen LogP contribution >= 0.6 is 11.6 Å². The Kier molecular flexibility index (Phi) is 7.36. The van der Waals surface area contributed by atoms with Gasteiger partial charge in [0.2, 0.25) is 17.7 Å². The Hall–Kier alpha value is -3.26. The number of nitrogens with one attached hydrogen (secondary N) is 2. The standard InChI is InChI=1S/C22H23ClN4O4/c1-14-24-11-3-2-4-15(13-25-21(30)16-5-7-17(23)8-6-16)12-20(29)27(14)18-9-10-19(28)26-22(18)31/h2-8,18H,9-13H2,1H3,(H,25,30)(H,26,28,31). The number of imide groups is 1. The van der Waals surface area contributed by atoms with Gasteiger partial charge in [0, 0.05) is 23.6 Å².